The summed E-state index contributed by atoms with van der Waals surface area (Å²) in [7, 11) is 0. The number of fused-ring (bicyclic) bond motifs is 8. The second-order valence-corrected chi connectivity index (χ2v) is 13.1. The van der Waals surface area contributed by atoms with Crippen LogP contribution in [0, 0.1) is 0 Å². The number of carboxylic acids is 1. The van der Waals surface area contributed by atoms with Crippen LogP contribution in [0.15, 0.2) is 84.9 Å². The number of esters is 2. The Balaban J connectivity index is 0.00000127. The maximum absolute atomic E-state index is 11.7. The predicted molar refractivity (Wildman–Crippen MR) is 224 cm³/mol. The topological polar surface area (TPSA) is 162 Å². The third-order valence-electron chi connectivity index (χ3n) is 8.75. The zero-order chi connectivity index (χ0) is 40.9. The molecule has 12 nitrogen and oxygen atoms in total. The molecule has 8 bridgehead atoms. The van der Waals surface area contributed by atoms with Gasteiger partial charge < -0.3 is 34.0 Å². The molecule has 59 heavy (non-hydrogen) atoms. The number of nitrogens with zero attached hydrogens (tertiary/aromatic N) is 4. The van der Waals surface area contributed by atoms with Gasteiger partial charge in [0, 0.05) is 19.8 Å². The average molecular weight is 836 g/mol. The van der Waals surface area contributed by atoms with Crippen molar-refractivity contribution in [2.75, 3.05) is 26.4 Å². The van der Waals surface area contributed by atoms with Crippen LogP contribution in [0.1, 0.15) is 69.2 Å². The molecular formula is C46H44MnN4O8. The Morgan fingerprint density at radius 3 is 1.36 bits per heavy atom. The molecule has 1 N–H and O–H groups in total. The molecule has 2 aromatic carbocycles. The van der Waals surface area contributed by atoms with Crippen molar-refractivity contribution in [1.29, 1.82) is 0 Å². The summed E-state index contributed by atoms with van der Waals surface area (Å²) in [6.45, 7) is 6.27. The van der Waals surface area contributed by atoms with Crippen LogP contribution in [-0.2, 0) is 40.9 Å². The molecule has 5 aromatic rings. The fraction of sp³-hybridized carbons (Fsp3) is 0.239. The Morgan fingerprint density at radius 2 is 0.983 bits per heavy atom. The van der Waals surface area contributed by atoms with E-state index in [1.807, 2.05) is 109 Å². The van der Waals surface area contributed by atoms with Crippen molar-refractivity contribution in [3.8, 4) is 33.8 Å². The molecule has 2 aliphatic rings. The molecule has 0 spiro atoms. The number of ether oxygens (including phenoxy) is 4. The summed E-state index contributed by atoms with van der Waals surface area (Å²) < 4.78 is 21.8. The van der Waals surface area contributed by atoms with E-state index in [9.17, 15) is 9.59 Å². The Bertz CT molecular complexity index is 2300. The quantitative estimate of drug-likeness (QED) is 0.0631. The van der Waals surface area contributed by atoms with Gasteiger partial charge in [0.1, 0.15) is 11.5 Å². The molecule has 303 valence electrons. The van der Waals surface area contributed by atoms with E-state index in [1.54, 1.807) is 13.8 Å². The third-order valence-corrected chi connectivity index (χ3v) is 8.75. The summed E-state index contributed by atoms with van der Waals surface area (Å²) in [5.74, 6) is 0.162. The second kappa shape index (κ2) is 21.4. The van der Waals surface area contributed by atoms with Gasteiger partial charge in [0.05, 0.1) is 49.2 Å². The standard InChI is InChI=1S/C44H40N4O6.C2H4O2.Mn/c1-3-51-41(49)7-5-25-53-35-17-9-29(10-18-35)43-37-21-13-31(45-37)27-33-15-23-39(47-33)44(40-24-16-34(48-40)28-32-14-22-38(43)46-32)30-11-19-36(20-12-30)54-26-6-8-42(50)52-4-2;1-2(3)4;/h9-24,27-28H,3-8,25-26H2,1-2H3;1H3,(H,3,4);/q-2;;+2. The first kappa shape index (κ1) is 43.7. The minimum Gasteiger partial charge on any atom is -0.657 e. The molecule has 5 heterocycles. The van der Waals surface area contributed by atoms with Crippen LogP contribution in [0.2, 0.25) is 0 Å². The van der Waals surface area contributed by atoms with Crippen molar-refractivity contribution in [1.82, 2.24) is 19.9 Å². The Hall–Kier alpha value is -6.43. The van der Waals surface area contributed by atoms with Gasteiger partial charge in [-0.15, -0.1) is 22.1 Å². The average Bonchev–Trinajstić information content (AvgIpc) is 4.04. The number of rotatable bonds is 14. The van der Waals surface area contributed by atoms with Gasteiger partial charge in [0.15, 0.2) is 0 Å². The molecule has 13 heteroatoms. The Kier molecular flexibility index (Phi) is 15.8. The normalized spacial score (nSPS) is 11.2. The fourth-order valence-electron chi connectivity index (χ4n) is 6.26. The molecule has 7 rings (SSSR count). The van der Waals surface area contributed by atoms with Crippen LogP contribution in [0.5, 0.6) is 11.5 Å². The molecule has 1 radical (unpaired) electrons. The van der Waals surface area contributed by atoms with Crippen molar-refractivity contribution in [2.24, 2.45) is 0 Å². The van der Waals surface area contributed by atoms with Gasteiger partial charge in [-0.3, -0.25) is 14.4 Å². The van der Waals surface area contributed by atoms with Gasteiger partial charge >= 0.3 is 29.0 Å². The molecule has 0 aliphatic carbocycles. The van der Waals surface area contributed by atoms with Gasteiger partial charge in [-0.2, -0.15) is 0 Å². The van der Waals surface area contributed by atoms with Gasteiger partial charge in [-0.25, -0.2) is 9.97 Å². The number of aromatic nitrogens is 4. The molecule has 0 atom stereocenters. The number of carboxylic acid groups (broad SMARTS) is 1. The molecule has 0 saturated heterocycles. The Labute approximate surface area is 352 Å². The van der Waals surface area contributed by atoms with E-state index >= 15 is 0 Å². The number of aliphatic carboxylic acids is 1. The van der Waals surface area contributed by atoms with Crippen molar-refractivity contribution < 1.29 is 55.5 Å². The molecule has 0 fully saturated rings. The number of benzene rings is 2. The molecule has 2 aliphatic heterocycles. The van der Waals surface area contributed by atoms with Gasteiger partial charge in [0.2, 0.25) is 0 Å². The maximum Gasteiger partial charge on any atom is 2.00 e. The summed E-state index contributed by atoms with van der Waals surface area (Å²) in [6, 6.07) is 27.6. The van der Waals surface area contributed by atoms with Crippen LogP contribution < -0.4 is 19.4 Å². The smallest absolute Gasteiger partial charge is 0.657 e. The van der Waals surface area contributed by atoms with Crippen LogP contribution in [0.3, 0.4) is 0 Å². The first-order valence-corrected chi connectivity index (χ1v) is 19.2. The maximum atomic E-state index is 11.7. The van der Waals surface area contributed by atoms with E-state index in [0.717, 1.165) is 74.0 Å². The first-order chi connectivity index (χ1) is 28.2. The van der Waals surface area contributed by atoms with Gasteiger partial charge in [0.25, 0.3) is 5.97 Å². The summed E-state index contributed by atoms with van der Waals surface area (Å²) in [6.07, 6.45) is 9.78. The van der Waals surface area contributed by atoms with Crippen LogP contribution in [0.25, 0.3) is 68.6 Å². The summed E-state index contributed by atoms with van der Waals surface area (Å²) >= 11 is 0. The van der Waals surface area contributed by atoms with Crippen molar-refractivity contribution in [3.05, 3.63) is 108 Å². The van der Waals surface area contributed by atoms with Crippen LogP contribution >= 0.6 is 0 Å². The molecule has 0 amide bonds. The number of hydrogen-bond acceptors (Lipinski definition) is 9. The monoisotopic (exact) mass is 835 g/mol. The summed E-state index contributed by atoms with van der Waals surface area (Å²) in [5.41, 5.74) is 9.94. The second-order valence-electron chi connectivity index (χ2n) is 13.1. The molecule has 3 aromatic heterocycles. The number of carbonyl (C=O) groups excluding carboxylic acids is 2. The van der Waals surface area contributed by atoms with E-state index in [1.165, 1.54) is 0 Å². The van der Waals surface area contributed by atoms with Crippen molar-refractivity contribution in [2.45, 2.75) is 46.5 Å². The fourth-order valence-corrected chi connectivity index (χ4v) is 6.26. The number of hydrogen-bond donors (Lipinski definition) is 1. The minimum absolute atomic E-state index is 0. The first-order valence-electron chi connectivity index (χ1n) is 19.2. The van der Waals surface area contributed by atoms with E-state index in [-0.39, 0.29) is 29.0 Å². The summed E-state index contributed by atoms with van der Waals surface area (Å²) in [4.78, 5) is 52.4. The van der Waals surface area contributed by atoms with Crippen molar-refractivity contribution >= 4 is 64.3 Å². The van der Waals surface area contributed by atoms with Gasteiger partial charge in [-0.1, -0.05) is 60.7 Å². The molecule has 0 unspecified atom stereocenters. The predicted octanol–water partition coefficient (Wildman–Crippen LogP) is 8.78. The number of carbonyl (C=O) groups is 3. The van der Waals surface area contributed by atoms with E-state index < -0.39 is 5.97 Å². The van der Waals surface area contributed by atoms with E-state index in [4.69, 9.17) is 48.8 Å². The zero-order valence-electron chi connectivity index (χ0n) is 33.0. The SMILES string of the molecule is CC(=O)O.CCOC(=O)CCCOc1ccc(-c2c3nc(cc4ccc([n-]4)c(-c4ccc(OCCCC(=O)OCC)cc4)c4nc(cc5ccc2[n-]5)C=C4)C=C3)cc1.[Mn+2]. The largest absolute Gasteiger partial charge is 2.00 e. The summed E-state index contributed by atoms with van der Waals surface area (Å²) in [5, 5.41) is 7.42. The van der Waals surface area contributed by atoms with E-state index in [0.29, 0.717) is 63.6 Å². The Morgan fingerprint density at radius 1 is 0.593 bits per heavy atom. The zero-order valence-corrected chi connectivity index (χ0v) is 34.2. The molecule has 0 saturated carbocycles. The van der Waals surface area contributed by atoms with Crippen molar-refractivity contribution in [3.63, 3.8) is 0 Å². The van der Waals surface area contributed by atoms with Crippen LogP contribution in [-0.4, -0.2) is 59.4 Å². The minimum atomic E-state index is -0.833. The third kappa shape index (κ3) is 12.3. The van der Waals surface area contributed by atoms with Crippen LogP contribution in [0.4, 0.5) is 0 Å². The van der Waals surface area contributed by atoms with E-state index in [2.05, 4.69) is 0 Å². The molecular weight excluding hydrogens is 791 g/mol. The van der Waals surface area contributed by atoms with Gasteiger partial charge in [-0.05, 0) is 97.5 Å².